The Morgan fingerprint density at radius 1 is 1.33 bits per heavy atom. The summed E-state index contributed by atoms with van der Waals surface area (Å²) >= 11 is 3.64. The zero-order valence-electron chi connectivity index (χ0n) is 12.5. The van der Waals surface area contributed by atoms with Crippen molar-refractivity contribution in [2.75, 3.05) is 6.54 Å². The van der Waals surface area contributed by atoms with Gasteiger partial charge in [-0.3, -0.25) is 4.68 Å². The van der Waals surface area contributed by atoms with Gasteiger partial charge >= 0.3 is 0 Å². The molecule has 0 aliphatic rings. The maximum atomic E-state index is 13.1. The van der Waals surface area contributed by atoms with Crippen LogP contribution in [0.3, 0.4) is 0 Å². The molecule has 5 heteroatoms. The minimum absolute atomic E-state index is 0.174. The number of nitrogens with one attached hydrogen (secondary N) is 1. The van der Waals surface area contributed by atoms with Gasteiger partial charge in [-0.1, -0.05) is 19.1 Å². The van der Waals surface area contributed by atoms with Crippen molar-refractivity contribution in [3.63, 3.8) is 0 Å². The van der Waals surface area contributed by atoms with Gasteiger partial charge in [0.15, 0.2) is 0 Å². The van der Waals surface area contributed by atoms with Crippen molar-refractivity contribution in [2.45, 2.75) is 39.8 Å². The second kappa shape index (κ2) is 7.71. The third-order valence-corrected chi connectivity index (χ3v) is 4.38. The van der Waals surface area contributed by atoms with Crippen LogP contribution in [0.5, 0.6) is 0 Å². The molecule has 0 aliphatic heterocycles. The predicted octanol–water partition coefficient (Wildman–Crippen LogP) is 3.70. The number of hydrogen-bond donors (Lipinski definition) is 1. The van der Waals surface area contributed by atoms with Crippen LogP contribution in [0.4, 0.5) is 4.39 Å². The molecule has 0 bridgehead atoms. The van der Waals surface area contributed by atoms with E-state index in [2.05, 4.69) is 40.2 Å². The molecule has 1 N–H and O–H groups in total. The number of aryl methyl sites for hydroxylation is 2. The van der Waals surface area contributed by atoms with Crippen molar-refractivity contribution in [2.24, 2.45) is 0 Å². The molecule has 3 nitrogen and oxygen atoms in total. The summed E-state index contributed by atoms with van der Waals surface area (Å²) < 4.78 is 16.2. The summed E-state index contributed by atoms with van der Waals surface area (Å²) in [4.78, 5) is 0. The van der Waals surface area contributed by atoms with E-state index in [0.29, 0.717) is 0 Å². The molecule has 2 aromatic rings. The largest absolute Gasteiger partial charge is 0.311 e. The molecule has 0 spiro atoms. The molecule has 1 aromatic heterocycles. The first-order chi connectivity index (χ1) is 10.2. The maximum Gasteiger partial charge on any atom is 0.123 e. The number of benzene rings is 1. The maximum absolute atomic E-state index is 13.1. The summed E-state index contributed by atoms with van der Waals surface area (Å²) in [7, 11) is 0. The Labute approximate surface area is 133 Å². The Balaban J connectivity index is 1.90. The van der Waals surface area contributed by atoms with Crippen LogP contribution in [0.15, 0.2) is 28.7 Å². The van der Waals surface area contributed by atoms with Crippen LogP contribution < -0.4 is 5.32 Å². The number of halogens is 2. The van der Waals surface area contributed by atoms with Crippen LogP contribution in [-0.4, -0.2) is 16.3 Å². The van der Waals surface area contributed by atoms with Gasteiger partial charge in [-0.15, -0.1) is 0 Å². The Hall–Kier alpha value is -1.20. The van der Waals surface area contributed by atoms with E-state index in [4.69, 9.17) is 0 Å². The van der Waals surface area contributed by atoms with E-state index in [1.165, 1.54) is 11.8 Å². The number of rotatable bonds is 7. The fourth-order valence-corrected chi connectivity index (χ4v) is 3.02. The predicted molar refractivity (Wildman–Crippen MR) is 86.8 cm³/mol. The molecule has 21 heavy (non-hydrogen) atoms. The Kier molecular flexibility index (Phi) is 5.94. The summed E-state index contributed by atoms with van der Waals surface area (Å²) in [5, 5.41) is 7.98. The van der Waals surface area contributed by atoms with Gasteiger partial charge in [-0.2, -0.15) is 5.10 Å². The molecule has 1 aromatic carbocycles. The molecule has 0 amide bonds. The van der Waals surface area contributed by atoms with Crippen molar-refractivity contribution in [3.05, 3.63) is 51.5 Å². The van der Waals surface area contributed by atoms with Crippen molar-refractivity contribution in [3.8, 4) is 0 Å². The Morgan fingerprint density at radius 2 is 2.14 bits per heavy atom. The van der Waals surface area contributed by atoms with Crippen molar-refractivity contribution in [1.82, 2.24) is 15.1 Å². The second-order valence-corrected chi connectivity index (χ2v) is 5.73. The average molecular weight is 354 g/mol. The van der Waals surface area contributed by atoms with E-state index in [1.807, 2.05) is 10.7 Å². The summed E-state index contributed by atoms with van der Waals surface area (Å²) in [5.74, 6) is -0.174. The topological polar surface area (TPSA) is 29.9 Å². The molecule has 0 radical (unpaired) electrons. The first-order valence-electron chi connectivity index (χ1n) is 7.34. The molecule has 0 saturated heterocycles. The molecule has 1 heterocycles. The lowest BCUT2D eigenvalue weighted by Gasteiger charge is -2.08. The summed E-state index contributed by atoms with van der Waals surface area (Å²) in [5.41, 5.74) is 3.28. The third-order valence-electron chi connectivity index (χ3n) is 3.47. The van der Waals surface area contributed by atoms with Crippen LogP contribution >= 0.6 is 15.9 Å². The average Bonchev–Trinajstić information content (AvgIpc) is 2.79. The number of nitrogens with zero attached hydrogens (tertiary/aromatic N) is 2. The van der Waals surface area contributed by atoms with Gasteiger partial charge in [-0.25, -0.2) is 4.39 Å². The SMILES string of the molecule is CCc1nn(CC)c(CNCCc2cccc(F)c2)c1Br. The van der Waals surface area contributed by atoms with E-state index in [1.54, 1.807) is 12.1 Å². The second-order valence-electron chi connectivity index (χ2n) is 4.93. The van der Waals surface area contributed by atoms with Gasteiger partial charge in [0, 0.05) is 13.1 Å². The first kappa shape index (κ1) is 16.2. The normalized spacial score (nSPS) is 11.0. The standard InChI is InChI=1S/C16H21BrFN3/c1-3-14-16(17)15(21(4-2)20-14)11-19-9-8-12-6-5-7-13(18)10-12/h5-7,10,19H,3-4,8-9,11H2,1-2H3. The molecule has 0 atom stereocenters. The van der Waals surface area contributed by atoms with Gasteiger partial charge in [0.25, 0.3) is 0 Å². The Morgan fingerprint density at radius 3 is 2.81 bits per heavy atom. The molecule has 0 saturated carbocycles. The fourth-order valence-electron chi connectivity index (χ4n) is 2.32. The van der Waals surface area contributed by atoms with E-state index in [-0.39, 0.29) is 5.82 Å². The van der Waals surface area contributed by atoms with Crippen LogP contribution in [0.25, 0.3) is 0 Å². The highest BCUT2D eigenvalue weighted by Crippen LogP contribution is 2.22. The van der Waals surface area contributed by atoms with Gasteiger partial charge in [0.1, 0.15) is 5.82 Å². The van der Waals surface area contributed by atoms with Crippen LogP contribution in [0.1, 0.15) is 30.8 Å². The lowest BCUT2D eigenvalue weighted by atomic mass is 10.1. The lowest BCUT2D eigenvalue weighted by molar-refractivity contribution is 0.576. The first-order valence-corrected chi connectivity index (χ1v) is 8.14. The Bertz CT molecular complexity index is 595. The van der Waals surface area contributed by atoms with Gasteiger partial charge < -0.3 is 5.32 Å². The quantitative estimate of drug-likeness (QED) is 0.769. The highest BCUT2D eigenvalue weighted by atomic mass is 79.9. The summed E-state index contributed by atoms with van der Waals surface area (Å²) in [6.45, 7) is 6.63. The lowest BCUT2D eigenvalue weighted by Crippen LogP contribution is -2.19. The summed E-state index contributed by atoms with van der Waals surface area (Å²) in [6.07, 6.45) is 1.74. The number of aromatic nitrogens is 2. The third kappa shape index (κ3) is 4.14. The van der Waals surface area contributed by atoms with E-state index >= 15 is 0 Å². The number of hydrogen-bond acceptors (Lipinski definition) is 2. The van der Waals surface area contributed by atoms with E-state index in [9.17, 15) is 4.39 Å². The highest BCUT2D eigenvalue weighted by Gasteiger charge is 2.12. The van der Waals surface area contributed by atoms with Crippen LogP contribution in [0, 0.1) is 5.82 Å². The minimum atomic E-state index is -0.174. The van der Waals surface area contributed by atoms with Crippen LogP contribution in [-0.2, 0) is 25.9 Å². The molecule has 0 unspecified atom stereocenters. The van der Waals surface area contributed by atoms with Gasteiger partial charge in [-0.05, 0) is 59.9 Å². The van der Waals surface area contributed by atoms with Crippen molar-refractivity contribution < 1.29 is 4.39 Å². The highest BCUT2D eigenvalue weighted by molar-refractivity contribution is 9.10. The smallest absolute Gasteiger partial charge is 0.123 e. The minimum Gasteiger partial charge on any atom is -0.311 e. The molecule has 0 aliphatic carbocycles. The molecular weight excluding hydrogens is 333 g/mol. The molecular formula is C16H21BrFN3. The van der Waals surface area contributed by atoms with Gasteiger partial charge in [0.2, 0.25) is 0 Å². The zero-order valence-corrected chi connectivity index (χ0v) is 14.1. The van der Waals surface area contributed by atoms with E-state index in [0.717, 1.165) is 48.2 Å². The molecule has 2 rings (SSSR count). The molecule has 114 valence electrons. The molecule has 0 fully saturated rings. The van der Waals surface area contributed by atoms with Crippen molar-refractivity contribution in [1.29, 1.82) is 0 Å². The van der Waals surface area contributed by atoms with Gasteiger partial charge in [0.05, 0.1) is 15.9 Å². The van der Waals surface area contributed by atoms with E-state index < -0.39 is 0 Å². The van der Waals surface area contributed by atoms with Crippen molar-refractivity contribution >= 4 is 15.9 Å². The fraction of sp³-hybridized carbons (Fsp3) is 0.438. The summed E-state index contributed by atoms with van der Waals surface area (Å²) in [6, 6.07) is 6.76. The van der Waals surface area contributed by atoms with Crippen LogP contribution in [0.2, 0.25) is 0 Å². The zero-order chi connectivity index (χ0) is 15.2. The monoisotopic (exact) mass is 353 g/mol.